The first-order valence-corrected chi connectivity index (χ1v) is 7.58. The molecule has 1 fully saturated rings. The van der Waals surface area contributed by atoms with Crippen LogP contribution in [0.1, 0.15) is 29.4 Å². The van der Waals surface area contributed by atoms with Crippen molar-refractivity contribution in [3.8, 4) is 0 Å². The molecule has 0 aromatic carbocycles. The van der Waals surface area contributed by atoms with Gasteiger partial charge in [0.1, 0.15) is 5.56 Å². The zero-order valence-electron chi connectivity index (χ0n) is 11.5. The van der Waals surface area contributed by atoms with Crippen LogP contribution in [0.25, 0.3) is 0 Å². The highest BCUT2D eigenvalue weighted by Crippen LogP contribution is 2.26. The molecule has 2 rings (SSSR count). The number of carbonyl (C=O) groups is 1. The average molecular weight is 303 g/mol. The molecule has 0 bridgehead atoms. The smallest absolute Gasteiger partial charge is 0.340 e. The summed E-state index contributed by atoms with van der Waals surface area (Å²) in [5.41, 5.74) is -0.108. The molecule has 20 heavy (non-hydrogen) atoms. The van der Waals surface area contributed by atoms with E-state index in [1.54, 1.807) is 6.92 Å². The van der Waals surface area contributed by atoms with Crippen molar-refractivity contribution in [2.45, 2.75) is 37.4 Å². The Bertz CT molecular complexity index is 624. The number of H-pyrrole nitrogens is 1. The summed E-state index contributed by atoms with van der Waals surface area (Å²) >= 11 is 0. The van der Waals surface area contributed by atoms with Crippen molar-refractivity contribution in [2.75, 3.05) is 13.7 Å². The molecule has 0 aliphatic carbocycles. The standard InChI is InChI=1S/C11H17N3O5S/c1-6-9(11(15)16)10(13-12-6)20(17,18)14(3)8-4-5-19-7(8)2/h7-8H,4-5H2,1-3H3,(H,12,13)(H,15,16). The van der Waals surface area contributed by atoms with Crippen LogP contribution in [0, 0.1) is 6.92 Å². The van der Waals surface area contributed by atoms with Gasteiger partial charge in [-0.3, -0.25) is 5.10 Å². The third-order valence-corrected chi connectivity index (χ3v) is 5.37. The number of carboxylic acid groups (broad SMARTS) is 1. The number of ether oxygens (including phenoxy) is 1. The first kappa shape index (κ1) is 14.9. The maximum Gasteiger partial charge on any atom is 0.340 e. The van der Waals surface area contributed by atoms with Crippen molar-refractivity contribution in [2.24, 2.45) is 0 Å². The second-order valence-electron chi connectivity index (χ2n) is 4.79. The minimum atomic E-state index is -3.98. The molecule has 2 heterocycles. The number of hydrogen-bond acceptors (Lipinski definition) is 5. The molecule has 0 amide bonds. The van der Waals surface area contributed by atoms with Gasteiger partial charge < -0.3 is 9.84 Å². The molecular weight excluding hydrogens is 286 g/mol. The third kappa shape index (κ3) is 2.32. The van der Waals surface area contributed by atoms with Gasteiger partial charge in [0.15, 0.2) is 0 Å². The van der Waals surface area contributed by atoms with E-state index in [1.165, 1.54) is 14.0 Å². The lowest BCUT2D eigenvalue weighted by molar-refractivity contribution is 0.0691. The van der Waals surface area contributed by atoms with Gasteiger partial charge in [-0.2, -0.15) is 9.40 Å². The van der Waals surface area contributed by atoms with E-state index in [4.69, 9.17) is 9.84 Å². The van der Waals surface area contributed by atoms with Gasteiger partial charge in [0, 0.05) is 19.3 Å². The third-order valence-electron chi connectivity index (χ3n) is 3.55. The quantitative estimate of drug-likeness (QED) is 0.822. The molecule has 8 nitrogen and oxygen atoms in total. The van der Waals surface area contributed by atoms with E-state index in [0.29, 0.717) is 13.0 Å². The van der Waals surface area contributed by atoms with E-state index >= 15 is 0 Å². The molecule has 1 aliphatic heterocycles. The van der Waals surface area contributed by atoms with Crippen molar-refractivity contribution in [3.05, 3.63) is 11.3 Å². The largest absolute Gasteiger partial charge is 0.478 e. The fraction of sp³-hybridized carbons (Fsp3) is 0.636. The van der Waals surface area contributed by atoms with E-state index in [9.17, 15) is 13.2 Å². The monoisotopic (exact) mass is 303 g/mol. The lowest BCUT2D eigenvalue weighted by Gasteiger charge is -2.25. The Labute approximate surface area is 116 Å². The Hall–Kier alpha value is -1.45. The van der Waals surface area contributed by atoms with Gasteiger partial charge in [-0.15, -0.1) is 0 Å². The lowest BCUT2D eigenvalue weighted by Crippen LogP contribution is -2.41. The molecule has 1 saturated heterocycles. The predicted molar refractivity (Wildman–Crippen MR) is 69.1 cm³/mol. The maximum atomic E-state index is 12.5. The van der Waals surface area contributed by atoms with Crippen LogP contribution in [-0.4, -0.2) is 59.8 Å². The minimum absolute atomic E-state index is 0.209. The van der Waals surface area contributed by atoms with E-state index in [1.807, 2.05) is 0 Å². The molecule has 0 radical (unpaired) electrons. The van der Waals surface area contributed by atoms with Gasteiger partial charge in [0.05, 0.1) is 12.1 Å². The molecule has 0 saturated carbocycles. The first-order valence-electron chi connectivity index (χ1n) is 6.14. The van der Waals surface area contributed by atoms with Gasteiger partial charge in [-0.05, 0) is 20.3 Å². The van der Waals surface area contributed by atoms with E-state index in [0.717, 1.165) is 4.31 Å². The van der Waals surface area contributed by atoms with Gasteiger partial charge in [0.25, 0.3) is 10.0 Å². The summed E-state index contributed by atoms with van der Waals surface area (Å²) < 4.78 is 31.6. The number of aromatic carboxylic acids is 1. The van der Waals surface area contributed by atoms with Crippen LogP contribution in [0.3, 0.4) is 0 Å². The number of carboxylic acids is 1. The van der Waals surface area contributed by atoms with Crippen molar-refractivity contribution in [1.29, 1.82) is 0 Å². The van der Waals surface area contributed by atoms with Crippen LogP contribution >= 0.6 is 0 Å². The van der Waals surface area contributed by atoms with Crippen LogP contribution < -0.4 is 0 Å². The molecular formula is C11H17N3O5S. The summed E-state index contributed by atoms with van der Waals surface area (Å²) in [7, 11) is -2.56. The zero-order valence-corrected chi connectivity index (χ0v) is 12.3. The minimum Gasteiger partial charge on any atom is -0.478 e. The number of aromatic nitrogens is 2. The highest BCUT2D eigenvalue weighted by molar-refractivity contribution is 7.89. The summed E-state index contributed by atoms with van der Waals surface area (Å²) in [6, 6.07) is -0.321. The van der Waals surface area contributed by atoms with Crippen molar-refractivity contribution in [3.63, 3.8) is 0 Å². The van der Waals surface area contributed by atoms with E-state index < -0.39 is 21.0 Å². The molecule has 2 unspecified atom stereocenters. The summed E-state index contributed by atoms with van der Waals surface area (Å²) in [5.74, 6) is -1.32. The number of aromatic amines is 1. The van der Waals surface area contributed by atoms with Crippen LogP contribution in [0.2, 0.25) is 0 Å². The molecule has 1 aromatic heterocycles. The van der Waals surface area contributed by atoms with Crippen molar-refractivity contribution >= 4 is 16.0 Å². The summed E-state index contributed by atoms with van der Waals surface area (Å²) in [4.78, 5) is 11.2. The molecule has 9 heteroatoms. The Morgan fingerprint density at radius 3 is 2.70 bits per heavy atom. The van der Waals surface area contributed by atoms with Crippen LogP contribution in [0.5, 0.6) is 0 Å². The van der Waals surface area contributed by atoms with Crippen molar-refractivity contribution in [1.82, 2.24) is 14.5 Å². The summed E-state index contributed by atoms with van der Waals surface area (Å²) in [6.45, 7) is 3.74. The zero-order chi connectivity index (χ0) is 15.1. The predicted octanol–water partition coefficient (Wildman–Crippen LogP) is 0.214. The number of rotatable bonds is 4. The molecule has 2 atom stereocenters. The Balaban J connectivity index is 2.43. The summed E-state index contributed by atoms with van der Waals surface area (Å²) in [5, 5.41) is 14.7. The fourth-order valence-corrected chi connectivity index (χ4v) is 3.92. The number of likely N-dealkylation sites (N-methyl/N-ethyl adjacent to an activating group) is 1. The van der Waals surface area contributed by atoms with Gasteiger partial charge in [-0.25, -0.2) is 13.2 Å². The fourth-order valence-electron chi connectivity index (χ4n) is 2.36. The number of hydrogen-bond donors (Lipinski definition) is 2. The van der Waals surface area contributed by atoms with Crippen LogP contribution in [0.15, 0.2) is 5.03 Å². The second-order valence-corrected chi connectivity index (χ2v) is 6.70. The Morgan fingerprint density at radius 2 is 2.20 bits per heavy atom. The SMILES string of the molecule is Cc1[nH]nc(S(=O)(=O)N(C)C2CCOC2C)c1C(=O)O. The highest BCUT2D eigenvalue weighted by Gasteiger charge is 2.39. The van der Waals surface area contributed by atoms with E-state index in [-0.39, 0.29) is 23.4 Å². The average Bonchev–Trinajstić information content (AvgIpc) is 2.94. The number of nitrogens with zero attached hydrogens (tertiary/aromatic N) is 2. The molecule has 1 aromatic rings. The molecule has 0 spiro atoms. The number of nitrogens with one attached hydrogen (secondary N) is 1. The second kappa shape index (κ2) is 5.15. The number of sulfonamides is 1. The van der Waals surface area contributed by atoms with Crippen LogP contribution in [-0.2, 0) is 14.8 Å². The Kier molecular flexibility index (Phi) is 3.85. The summed E-state index contributed by atoms with van der Waals surface area (Å²) in [6.07, 6.45) is 0.339. The highest BCUT2D eigenvalue weighted by atomic mass is 32.2. The van der Waals surface area contributed by atoms with Gasteiger partial charge >= 0.3 is 5.97 Å². The molecule has 112 valence electrons. The first-order chi connectivity index (χ1) is 9.26. The molecule has 1 aliphatic rings. The topological polar surface area (TPSA) is 113 Å². The van der Waals surface area contributed by atoms with Crippen molar-refractivity contribution < 1.29 is 23.1 Å². The maximum absolute atomic E-state index is 12.5. The van der Waals surface area contributed by atoms with E-state index in [2.05, 4.69) is 10.2 Å². The Morgan fingerprint density at radius 1 is 1.55 bits per heavy atom. The number of aryl methyl sites for hydroxylation is 1. The molecule has 2 N–H and O–H groups in total. The normalized spacial score (nSPS) is 23.4. The van der Waals surface area contributed by atoms with Crippen LogP contribution in [0.4, 0.5) is 0 Å². The lowest BCUT2D eigenvalue weighted by atomic mass is 10.2. The van der Waals surface area contributed by atoms with Gasteiger partial charge in [0.2, 0.25) is 5.03 Å². The van der Waals surface area contributed by atoms with Gasteiger partial charge in [-0.1, -0.05) is 0 Å².